The summed E-state index contributed by atoms with van der Waals surface area (Å²) >= 11 is 1.57. The molecule has 2 unspecified atom stereocenters. The minimum Gasteiger partial charge on any atom is -0.369 e. The molecule has 3 heterocycles. The minimum atomic E-state index is -0.520. The lowest BCUT2D eigenvalue weighted by Crippen LogP contribution is -2.39. The van der Waals surface area contributed by atoms with E-state index in [4.69, 9.17) is 5.73 Å². The van der Waals surface area contributed by atoms with Gasteiger partial charge in [0.25, 0.3) is 5.95 Å². The van der Waals surface area contributed by atoms with Crippen molar-refractivity contribution in [3.8, 4) is 0 Å². The number of hydrogen-bond acceptors (Lipinski definition) is 6. The summed E-state index contributed by atoms with van der Waals surface area (Å²) in [6, 6.07) is 1.70. The van der Waals surface area contributed by atoms with Crippen LogP contribution < -0.4 is 5.73 Å². The van der Waals surface area contributed by atoms with Gasteiger partial charge < -0.3 is 5.73 Å². The third-order valence-electron chi connectivity index (χ3n) is 3.26. The summed E-state index contributed by atoms with van der Waals surface area (Å²) in [6.07, 6.45) is 0. The Balaban J connectivity index is 2.21. The van der Waals surface area contributed by atoms with Gasteiger partial charge in [0.15, 0.2) is 0 Å². The first-order valence-electron chi connectivity index (χ1n) is 5.76. The number of carbonyl (C=O) groups excluding carboxylic acids is 1. The maximum absolute atomic E-state index is 11.8. The minimum absolute atomic E-state index is 0.306. The Morgan fingerprint density at radius 1 is 1.47 bits per heavy atom. The van der Waals surface area contributed by atoms with Crippen LogP contribution in [0.3, 0.4) is 0 Å². The Morgan fingerprint density at radius 3 is 2.89 bits per heavy atom. The molecule has 0 spiro atoms. The van der Waals surface area contributed by atoms with Crippen molar-refractivity contribution in [1.29, 1.82) is 0 Å². The van der Waals surface area contributed by atoms with Crippen molar-refractivity contribution >= 4 is 28.9 Å². The molecule has 0 fully saturated rings. The van der Waals surface area contributed by atoms with Crippen molar-refractivity contribution in [3.05, 3.63) is 21.9 Å². The van der Waals surface area contributed by atoms with E-state index in [2.05, 4.69) is 20.5 Å². The molecule has 3 rings (SSSR count). The second-order valence-electron chi connectivity index (χ2n) is 4.47. The van der Waals surface area contributed by atoms with E-state index in [1.807, 2.05) is 18.4 Å². The highest BCUT2D eigenvalue weighted by atomic mass is 32.1. The van der Waals surface area contributed by atoms with E-state index in [-0.39, 0.29) is 6.04 Å². The summed E-state index contributed by atoms with van der Waals surface area (Å²) in [7, 11) is 0. The number of primary amides is 1. The normalized spacial score (nSPS) is 21.9. The monoisotopic (exact) mass is 276 g/mol. The number of aromatic nitrogens is 4. The Labute approximate surface area is 113 Å². The van der Waals surface area contributed by atoms with E-state index in [1.54, 1.807) is 22.9 Å². The predicted octanol–water partition coefficient (Wildman–Crippen LogP) is 0.840. The van der Waals surface area contributed by atoms with Crippen LogP contribution in [0.15, 0.2) is 16.4 Å². The molecule has 7 nitrogen and oxygen atoms in total. The molecule has 0 bridgehead atoms. The quantitative estimate of drug-likeness (QED) is 0.878. The number of rotatable bonds is 2. The zero-order valence-electron chi connectivity index (χ0n) is 10.4. The van der Waals surface area contributed by atoms with Gasteiger partial charge in [0, 0.05) is 10.6 Å². The molecule has 0 saturated heterocycles. The fourth-order valence-electron chi connectivity index (χ4n) is 2.35. The van der Waals surface area contributed by atoms with Crippen LogP contribution >= 0.6 is 11.3 Å². The van der Waals surface area contributed by atoms with Crippen LogP contribution in [0.25, 0.3) is 0 Å². The lowest BCUT2D eigenvalue weighted by molar-refractivity contribution is -0.120. The van der Waals surface area contributed by atoms with E-state index in [0.29, 0.717) is 11.7 Å². The smallest absolute Gasteiger partial charge is 0.269 e. The summed E-state index contributed by atoms with van der Waals surface area (Å²) in [5.41, 5.74) is 7.27. The maximum Gasteiger partial charge on any atom is 0.269 e. The molecule has 0 aromatic carbocycles. The molecule has 1 aliphatic heterocycles. The average Bonchev–Trinajstić information content (AvgIpc) is 2.95. The van der Waals surface area contributed by atoms with Crippen molar-refractivity contribution in [2.24, 2.45) is 16.6 Å². The molecule has 2 aromatic heterocycles. The number of amides is 1. The van der Waals surface area contributed by atoms with E-state index in [1.165, 1.54) is 0 Å². The molecule has 0 saturated carbocycles. The first-order valence-corrected chi connectivity index (χ1v) is 6.64. The topological polar surface area (TPSA) is 99.1 Å². The molecular formula is C11H12N6OS. The zero-order valence-corrected chi connectivity index (χ0v) is 11.3. The number of tetrazole rings is 1. The number of aliphatic imine (C=N–C) groups is 1. The molecule has 0 aliphatic carbocycles. The van der Waals surface area contributed by atoms with Crippen LogP contribution in [0.2, 0.25) is 0 Å². The molecule has 8 heteroatoms. The molecule has 98 valence electrons. The highest BCUT2D eigenvalue weighted by Crippen LogP contribution is 2.38. The van der Waals surface area contributed by atoms with E-state index in [0.717, 1.165) is 10.4 Å². The molecule has 1 amide bonds. The first kappa shape index (κ1) is 12.0. The summed E-state index contributed by atoms with van der Waals surface area (Å²) in [6.45, 7) is 3.78. The van der Waals surface area contributed by atoms with Crippen molar-refractivity contribution in [1.82, 2.24) is 20.2 Å². The van der Waals surface area contributed by atoms with Gasteiger partial charge in [-0.15, -0.1) is 11.3 Å². The highest BCUT2D eigenvalue weighted by molar-refractivity contribution is 7.10. The van der Waals surface area contributed by atoms with Crippen LogP contribution in [-0.4, -0.2) is 31.8 Å². The SMILES string of the molecule is CC1=Nc2nnnn2C(c2sccc2C)C1C(N)=O. The van der Waals surface area contributed by atoms with Gasteiger partial charge in [-0.1, -0.05) is 5.10 Å². The standard InChI is InChI=1S/C11H12N6OS/c1-5-3-4-19-9(5)8-7(10(12)18)6(2)13-11-14-15-16-17(8)11/h3-4,7-8H,1-2H3,(H2,12,18). The van der Waals surface area contributed by atoms with Gasteiger partial charge in [0.2, 0.25) is 5.91 Å². The van der Waals surface area contributed by atoms with Crippen LogP contribution in [-0.2, 0) is 4.79 Å². The molecule has 2 aromatic rings. The highest BCUT2D eigenvalue weighted by Gasteiger charge is 2.39. The number of carbonyl (C=O) groups is 1. The van der Waals surface area contributed by atoms with Crippen molar-refractivity contribution in [2.75, 3.05) is 0 Å². The molecular weight excluding hydrogens is 264 g/mol. The van der Waals surface area contributed by atoms with Crippen LogP contribution in [0.5, 0.6) is 0 Å². The van der Waals surface area contributed by atoms with Crippen molar-refractivity contribution < 1.29 is 4.79 Å². The van der Waals surface area contributed by atoms with Crippen molar-refractivity contribution in [2.45, 2.75) is 19.9 Å². The second kappa shape index (κ2) is 4.23. The Bertz CT molecular complexity index is 672. The summed E-state index contributed by atoms with van der Waals surface area (Å²) in [5.74, 6) is -0.527. The Morgan fingerprint density at radius 2 is 2.26 bits per heavy atom. The number of nitrogens with two attached hydrogens (primary N) is 1. The van der Waals surface area contributed by atoms with Gasteiger partial charge in [0.05, 0.1) is 0 Å². The van der Waals surface area contributed by atoms with Gasteiger partial charge >= 0.3 is 0 Å². The summed E-state index contributed by atoms with van der Waals surface area (Å²) in [4.78, 5) is 17.1. The van der Waals surface area contributed by atoms with Gasteiger partial charge in [-0.25, -0.2) is 9.67 Å². The fraction of sp³-hybridized carbons (Fsp3) is 0.364. The van der Waals surface area contributed by atoms with E-state index >= 15 is 0 Å². The van der Waals surface area contributed by atoms with E-state index < -0.39 is 11.8 Å². The predicted molar refractivity (Wildman–Crippen MR) is 70.5 cm³/mol. The summed E-state index contributed by atoms with van der Waals surface area (Å²) < 4.78 is 1.57. The number of nitrogens with zero attached hydrogens (tertiary/aromatic N) is 5. The maximum atomic E-state index is 11.8. The third-order valence-corrected chi connectivity index (χ3v) is 4.35. The van der Waals surface area contributed by atoms with Gasteiger partial charge in [0.1, 0.15) is 12.0 Å². The fourth-order valence-corrected chi connectivity index (χ4v) is 3.40. The van der Waals surface area contributed by atoms with Crippen molar-refractivity contribution in [3.63, 3.8) is 0 Å². The molecule has 19 heavy (non-hydrogen) atoms. The van der Waals surface area contributed by atoms with E-state index in [9.17, 15) is 4.79 Å². The number of fused-ring (bicyclic) bond motifs is 1. The number of aryl methyl sites for hydroxylation is 1. The lowest BCUT2D eigenvalue weighted by Gasteiger charge is -2.27. The second-order valence-corrected chi connectivity index (χ2v) is 5.42. The first-order chi connectivity index (χ1) is 9.09. The van der Waals surface area contributed by atoms with Gasteiger partial charge in [-0.3, -0.25) is 4.79 Å². The zero-order chi connectivity index (χ0) is 13.6. The average molecular weight is 276 g/mol. The number of thiophene rings is 1. The lowest BCUT2D eigenvalue weighted by atomic mass is 9.91. The van der Waals surface area contributed by atoms with Crippen LogP contribution in [0, 0.1) is 12.8 Å². The summed E-state index contributed by atoms with van der Waals surface area (Å²) in [5, 5.41) is 13.4. The Hall–Kier alpha value is -2.09. The van der Waals surface area contributed by atoms with Gasteiger partial charge in [-0.2, -0.15) is 0 Å². The molecule has 1 aliphatic rings. The Kier molecular flexibility index (Phi) is 2.67. The van der Waals surface area contributed by atoms with Gasteiger partial charge in [-0.05, 0) is 41.3 Å². The third kappa shape index (κ3) is 1.75. The largest absolute Gasteiger partial charge is 0.369 e. The van der Waals surface area contributed by atoms with Crippen LogP contribution in [0.1, 0.15) is 23.4 Å². The molecule has 0 radical (unpaired) electrons. The van der Waals surface area contributed by atoms with Crippen LogP contribution in [0.4, 0.5) is 5.95 Å². The number of hydrogen-bond donors (Lipinski definition) is 1. The molecule has 2 N–H and O–H groups in total. The molecule has 2 atom stereocenters.